The Morgan fingerprint density at radius 2 is 1.76 bits per heavy atom. The second-order valence-corrected chi connectivity index (χ2v) is 26.5. The molecule has 2 aliphatic rings. The minimum atomic E-state index is -4.30. The van der Waals surface area contributed by atoms with Crippen LogP contribution in [-0.2, 0) is 61.7 Å². The lowest BCUT2D eigenvalue weighted by atomic mass is 10.1. The Hall–Kier alpha value is -3.18. The summed E-state index contributed by atoms with van der Waals surface area (Å²) in [7, 11) is -5.67. The van der Waals surface area contributed by atoms with Crippen LogP contribution in [0.15, 0.2) is 30.5 Å². The van der Waals surface area contributed by atoms with Gasteiger partial charge in [-0.1, -0.05) is 49.4 Å². The monoisotopic (exact) mass is 957 g/mol. The van der Waals surface area contributed by atoms with Crippen LogP contribution in [0.2, 0.25) is 36.0 Å². The van der Waals surface area contributed by atoms with Gasteiger partial charge in [-0.05, 0) is 88.2 Å². The summed E-state index contributed by atoms with van der Waals surface area (Å²) in [5.41, 5.74) is -0.0183. The lowest BCUT2D eigenvalue weighted by Gasteiger charge is -2.37. The number of nitrogens with zero attached hydrogens (tertiary/aromatic N) is 9. The Bertz CT molecular complexity index is 2250. The van der Waals surface area contributed by atoms with Gasteiger partial charge in [0.05, 0.1) is 51.0 Å². The van der Waals surface area contributed by atoms with Gasteiger partial charge in [-0.25, -0.2) is 14.2 Å². The summed E-state index contributed by atoms with van der Waals surface area (Å²) in [6.07, 6.45) is -3.00. The molecule has 0 bridgehead atoms. The van der Waals surface area contributed by atoms with Crippen LogP contribution in [-0.4, -0.2) is 127 Å². The van der Waals surface area contributed by atoms with Gasteiger partial charge in [0.15, 0.2) is 34.6 Å². The molecule has 2 saturated heterocycles. The van der Waals surface area contributed by atoms with Crippen LogP contribution in [0, 0.1) is 0 Å². The lowest BCUT2D eigenvalue weighted by Crippen LogP contribution is -2.45. The van der Waals surface area contributed by atoms with Crippen molar-refractivity contribution in [3.63, 3.8) is 0 Å². The second kappa shape index (κ2) is 19.7. The maximum Gasteiger partial charge on any atom is 0.416 e. The third-order valence-corrected chi connectivity index (χ3v) is 14.9. The number of benzene rings is 1. The van der Waals surface area contributed by atoms with E-state index in [1.54, 1.807) is 72.7 Å². The number of aliphatic hydroxyl groups excluding tert-OH is 1. The van der Waals surface area contributed by atoms with Crippen molar-refractivity contribution >= 4 is 61.8 Å². The molecule has 1 aromatic carbocycles. The fourth-order valence-electron chi connectivity index (χ4n) is 7.10. The standard InChI is InChI=1S/C39H58Cl2N9O11PSi/c1-11-56-62(53,57-12-2)39(23-51,19-29-45-46-47-49(29)24-54-17-18-63(8,9)10)55-22-28-30-31(60-38(6,7)59-30)34(58-28)50-33-26(20-42-50)32(43-35(41)44-33)48(36(52)61-37(3,4)5)21-25-15-13-14-16-27(25)40/h13-16,20,28,30-31,34,51H,11-12,17-19,21-24H2,1-10H3/t28?,30-,31-,34-,39+/m1/s1. The van der Waals surface area contributed by atoms with Crippen LogP contribution >= 0.6 is 30.8 Å². The quantitative estimate of drug-likeness (QED) is 0.0408. The minimum absolute atomic E-state index is 0.0158. The molecule has 3 aromatic heterocycles. The molecule has 1 N–H and O–H groups in total. The van der Waals surface area contributed by atoms with Gasteiger partial charge in [-0.15, -0.1) is 5.10 Å². The molecule has 0 radical (unpaired) electrons. The second-order valence-electron chi connectivity index (χ2n) is 17.8. The van der Waals surface area contributed by atoms with Crippen LogP contribution in [0.25, 0.3) is 11.0 Å². The van der Waals surface area contributed by atoms with Crippen LogP contribution < -0.4 is 4.90 Å². The summed E-state index contributed by atoms with van der Waals surface area (Å²) < 4.78 is 67.0. The van der Waals surface area contributed by atoms with E-state index in [0.717, 1.165) is 6.04 Å². The Kier molecular flexibility index (Phi) is 15.4. The topological polar surface area (TPSA) is 219 Å². The first-order valence-corrected chi connectivity index (χ1v) is 26.7. The molecule has 24 heteroatoms. The normalized spacial score (nSPS) is 21.2. The van der Waals surface area contributed by atoms with Crippen LogP contribution in [0.3, 0.4) is 0 Å². The summed E-state index contributed by atoms with van der Waals surface area (Å²) in [5.74, 6) is -0.759. The number of carbonyl (C=O) groups excluding carboxylic acids is 1. The van der Waals surface area contributed by atoms with Crippen LogP contribution in [0.4, 0.5) is 10.6 Å². The first-order chi connectivity index (χ1) is 29.6. The first kappa shape index (κ1) is 49.3. The SMILES string of the molecule is CCOP(=O)(OCC)[C@](CO)(Cc1nnnn1COCC[Si](C)(C)C)OCC1O[C@@H](n2ncc3c(N(Cc4ccccc4Cl)C(=O)OC(C)(C)C)nc(Cl)nc32)[C@@H]2OC(C)(C)O[C@H]12. The maximum atomic E-state index is 14.8. The highest BCUT2D eigenvalue weighted by molar-refractivity contribution is 7.55. The fraction of sp³-hybridized carbons (Fsp3) is 0.667. The number of halogens is 2. The zero-order chi connectivity index (χ0) is 46.0. The summed E-state index contributed by atoms with van der Waals surface area (Å²) in [6, 6.07) is 8.02. The average molecular weight is 959 g/mol. The van der Waals surface area contributed by atoms with Gasteiger partial charge in [0.25, 0.3) is 0 Å². The summed E-state index contributed by atoms with van der Waals surface area (Å²) in [6.45, 7) is 18.2. The third kappa shape index (κ3) is 11.4. The number of aromatic nitrogens is 8. The fourth-order valence-corrected chi connectivity index (χ4v) is 10.2. The van der Waals surface area contributed by atoms with Crippen molar-refractivity contribution in [2.24, 2.45) is 0 Å². The molecule has 1 unspecified atom stereocenters. The number of carbonyl (C=O) groups is 1. The molecule has 2 aliphatic heterocycles. The Morgan fingerprint density at radius 3 is 2.41 bits per heavy atom. The van der Waals surface area contributed by atoms with E-state index in [1.165, 1.54) is 20.5 Å². The number of fused-ring (bicyclic) bond motifs is 2. The summed E-state index contributed by atoms with van der Waals surface area (Å²) in [4.78, 5) is 24.2. The number of anilines is 1. The predicted molar refractivity (Wildman–Crippen MR) is 234 cm³/mol. The van der Waals surface area contributed by atoms with Gasteiger partial charge in [-0.2, -0.15) is 15.1 Å². The van der Waals surface area contributed by atoms with Gasteiger partial charge >= 0.3 is 13.7 Å². The molecular formula is C39H58Cl2N9O11PSi. The number of tetrazole rings is 1. The van der Waals surface area contributed by atoms with Crippen molar-refractivity contribution < 1.29 is 51.9 Å². The average Bonchev–Trinajstić information content (AvgIpc) is 3.96. The summed E-state index contributed by atoms with van der Waals surface area (Å²) in [5, 5.41) is 26.5. The number of amides is 1. The zero-order valence-electron chi connectivity index (χ0n) is 37.3. The van der Waals surface area contributed by atoms with Gasteiger partial charge in [0.2, 0.25) is 5.28 Å². The molecular weight excluding hydrogens is 900 g/mol. The molecule has 348 valence electrons. The highest BCUT2D eigenvalue weighted by Gasteiger charge is 2.59. The number of aliphatic hydroxyl groups is 1. The van der Waals surface area contributed by atoms with Crippen molar-refractivity contribution in [3.8, 4) is 0 Å². The number of hydrogen-bond donors (Lipinski definition) is 1. The van der Waals surface area contributed by atoms with Crippen LogP contribution in [0.5, 0.6) is 0 Å². The first-order valence-electron chi connectivity index (χ1n) is 20.7. The van der Waals surface area contributed by atoms with Gasteiger partial charge in [0.1, 0.15) is 30.6 Å². The van der Waals surface area contributed by atoms with Gasteiger partial charge in [-0.3, -0.25) is 9.46 Å². The Labute approximate surface area is 377 Å². The minimum Gasteiger partial charge on any atom is -0.443 e. The van der Waals surface area contributed by atoms with Crippen molar-refractivity contribution in [1.29, 1.82) is 0 Å². The zero-order valence-corrected chi connectivity index (χ0v) is 40.7. The molecule has 1 amide bonds. The smallest absolute Gasteiger partial charge is 0.416 e. The van der Waals surface area contributed by atoms with Gasteiger partial charge in [0, 0.05) is 19.7 Å². The lowest BCUT2D eigenvalue weighted by molar-refractivity contribution is -0.207. The predicted octanol–water partition coefficient (Wildman–Crippen LogP) is 7.01. The van der Waals surface area contributed by atoms with Crippen molar-refractivity contribution in [2.45, 2.75) is 135 Å². The Balaban J connectivity index is 1.34. The van der Waals surface area contributed by atoms with Crippen molar-refractivity contribution in [1.82, 2.24) is 40.0 Å². The molecule has 2 fully saturated rings. The van der Waals surface area contributed by atoms with E-state index in [-0.39, 0.29) is 62.1 Å². The highest BCUT2D eigenvalue weighted by Crippen LogP contribution is 2.62. The largest absolute Gasteiger partial charge is 0.443 e. The molecule has 0 spiro atoms. The van der Waals surface area contributed by atoms with E-state index in [4.69, 9.17) is 60.7 Å². The van der Waals surface area contributed by atoms with Crippen molar-refractivity contribution in [2.75, 3.05) is 37.9 Å². The van der Waals surface area contributed by atoms with Gasteiger partial charge < -0.3 is 42.6 Å². The number of hydrogen-bond acceptors (Lipinski definition) is 17. The van der Waals surface area contributed by atoms with Crippen molar-refractivity contribution in [3.05, 3.63) is 52.2 Å². The van der Waals surface area contributed by atoms with E-state index in [1.807, 2.05) is 0 Å². The molecule has 5 atom stereocenters. The van der Waals surface area contributed by atoms with E-state index in [9.17, 15) is 14.5 Å². The number of rotatable bonds is 20. The van der Waals surface area contributed by atoms with E-state index < -0.39 is 69.6 Å². The highest BCUT2D eigenvalue weighted by atomic mass is 35.5. The maximum absolute atomic E-state index is 14.8. The molecule has 20 nitrogen and oxygen atoms in total. The molecule has 5 heterocycles. The third-order valence-electron chi connectivity index (χ3n) is 10.0. The molecule has 0 aliphatic carbocycles. The summed E-state index contributed by atoms with van der Waals surface area (Å²) >= 11 is 13.2. The number of ether oxygens (including phenoxy) is 6. The molecule has 6 rings (SSSR count). The Morgan fingerprint density at radius 1 is 1.06 bits per heavy atom. The van der Waals surface area contributed by atoms with E-state index >= 15 is 0 Å². The van der Waals surface area contributed by atoms with Crippen LogP contribution in [0.1, 0.15) is 66.1 Å². The van der Waals surface area contributed by atoms with E-state index in [0.29, 0.717) is 22.6 Å². The van der Waals surface area contributed by atoms with E-state index in [2.05, 4.69) is 50.2 Å². The molecule has 4 aromatic rings. The molecule has 0 saturated carbocycles. The molecule has 63 heavy (non-hydrogen) atoms.